The van der Waals surface area contributed by atoms with E-state index in [1.165, 1.54) is 0 Å². The molecule has 0 atom stereocenters. The van der Waals surface area contributed by atoms with E-state index in [2.05, 4.69) is 33.9 Å². The number of Topliss-reactive ketones (excluding diaryl/α,β-unsaturated/α-hetero) is 1. The molecule has 14 heavy (non-hydrogen) atoms. The molecule has 0 saturated carbocycles. The van der Waals surface area contributed by atoms with Gasteiger partial charge >= 0.3 is 0 Å². The van der Waals surface area contributed by atoms with Crippen LogP contribution in [-0.4, -0.2) is 14.1 Å². The second-order valence-electron chi connectivity index (χ2n) is 5.45. The lowest BCUT2D eigenvalue weighted by atomic mass is 10.2. The molecule has 0 aromatic carbocycles. The highest BCUT2D eigenvalue weighted by atomic mass is 28.4. The fourth-order valence-electron chi connectivity index (χ4n) is 1.12. The minimum Gasteiger partial charge on any atom is -0.546 e. The van der Waals surface area contributed by atoms with Gasteiger partial charge in [-0.25, -0.2) is 0 Å². The molecular weight excluding hydrogens is 192 g/mol. The molecule has 0 unspecified atom stereocenters. The average Bonchev–Trinajstić information content (AvgIpc) is 2.31. The lowest BCUT2D eigenvalue weighted by Crippen LogP contribution is -2.40. The Kier molecular flexibility index (Phi) is 2.90. The Balaban J connectivity index is 2.65. The van der Waals surface area contributed by atoms with E-state index in [-0.39, 0.29) is 10.8 Å². The van der Waals surface area contributed by atoms with Crippen molar-refractivity contribution in [3.8, 4) is 0 Å². The fraction of sp³-hybridized carbons (Fsp3) is 0.727. The molecule has 3 heteroatoms. The Morgan fingerprint density at radius 1 is 1.36 bits per heavy atom. The van der Waals surface area contributed by atoms with Crippen LogP contribution in [0, 0.1) is 0 Å². The number of carbonyl (C=O) groups excluding carboxylic acids is 1. The van der Waals surface area contributed by atoms with E-state index in [9.17, 15) is 4.79 Å². The zero-order valence-corrected chi connectivity index (χ0v) is 10.8. The molecule has 0 aromatic rings. The van der Waals surface area contributed by atoms with Gasteiger partial charge in [0.1, 0.15) is 5.78 Å². The maximum absolute atomic E-state index is 11.1. The molecule has 0 N–H and O–H groups in total. The first-order chi connectivity index (χ1) is 6.22. The van der Waals surface area contributed by atoms with Gasteiger partial charge in [-0.1, -0.05) is 20.8 Å². The van der Waals surface area contributed by atoms with Gasteiger partial charge in [-0.05, 0) is 24.2 Å². The SMILES string of the molecule is CC(C)(C)[Si](C)(C)OC1=CCC(=O)C1. The van der Waals surface area contributed by atoms with E-state index < -0.39 is 8.32 Å². The Morgan fingerprint density at radius 3 is 2.29 bits per heavy atom. The van der Waals surface area contributed by atoms with Crippen molar-refractivity contribution in [2.45, 2.75) is 51.7 Å². The molecule has 1 rings (SSSR count). The number of ketones is 1. The third-order valence-corrected chi connectivity index (χ3v) is 7.51. The second kappa shape index (κ2) is 3.53. The quantitative estimate of drug-likeness (QED) is 0.657. The molecule has 0 bridgehead atoms. The van der Waals surface area contributed by atoms with Crippen molar-refractivity contribution >= 4 is 14.1 Å². The van der Waals surface area contributed by atoms with Crippen molar-refractivity contribution in [3.05, 3.63) is 11.8 Å². The largest absolute Gasteiger partial charge is 0.546 e. The minimum absolute atomic E-state index is 0.208. The average molecular weight is 212 g/mol. The molecule has 0 heterocycles. The lowest BCUT2D eigenvalue weighted by molar-refractivity contribution is -0.117. The summed E-state index contributed by atoms with van der Waals surface area (Å²) in [6.45, 7) is 11.0. The number of rotatable bonds is 2. The van der Waals surface area contributed by atoms with Crippen molar-refractivity contribution in [1.29, 1.82) is 0 Å². The Morgan fingerprint density at radius 2 is 1.93 bits per heavy atom. The van der Waals surface area contributed by atoms with E-state index in [1.807, 2.05) is 6.08 Å². The van der Waals surface area contributed by atoms with Crippen LogP contribution in [0.2, 0.25) is 18.1 Å². The highest BCUT2D eigenvalue weighted by Gasteiger charge is 2.39. The Bertz CT molecular complexity index is 272. The summed E-state index contributed by atoms with van der Waals surface area (Å²) in [5.74, 6) is 1.18. The van der Waals surface area contributed by atoms with Gasteiger partial charge in [0.2, 0.25) is 8.32 Å². The highest BCUT2D eigenvalue weighted by Crippen LogP contribution is 2.38. The van der Waals surface area contributed by atoms with Gasteiger partial charge < -0.3 is 4.43 Å². The van der Waals surface area contributed by atoms with Crippen LogP contribution in [0.15, 0.2) is 11.8 Å². The third-order valence-electron chi connectivity index (χ3n) is 3.12. The van der Waals surface area contributed by atoms with Gasteiger partial charge in [-0.2, -0.15) is 0 Å². The predicted octanol–water partition coefficient (Wildman–Crippen LogP) is 3.26. The lowest BCUT2D eigenvalue weighted by Gasteiger charge is -2.36. The molecule has 1 aliphatic carbocycles. The van der Waals surface area contributed by atoms with Crippen LogP contribution in [0.3, 0.4) is 0 Å². The second-order valence-corrected chi connectivity index (χ2v) is 10.2. The van der Waals surface area contributed by atoms with Gasteiger partial charge in [0.05, 0.1) is 12.2 Å². The van der Waals surface area contributed by atoms with E-state index in [4.69, 9.17) is 4.43 Å². The zero-order chi connectivity index (χ0) is 11.0. The number of hydrogen-bond donors (Lipinski definition) is 0. The molecule has 0 amide bonds. The van der Waals surface area contributed by atoms with Crippen molar-refractivity contribution < 1.29 is 9.22 Å². The zero-order valence-electron chi connectivity index (χ0n) is 9.81. The van der Waals surface area contributed by atoms with Crippen LogP contribution in [0.25, 0.3) is 0 Å². The van der Waals surface area contributed by atoms with Gasteiger partial charge in [0.15, 0.2) is 0 Å². The Hall–Kier alpha value is -0.573. The van der Waals surface area contributed by atoms with Gasteiger partial charge in [-0.3, -0.25) is 4.79 Å². The molecule has 80 valence electrons. The summed E-state index contributed by atoms with van der Waals surface area (Å²) >= 11 is 0. The summed E-state index contributed by atoms with van der Waals surface area (Å²) in [5, 5.41) is 0.208. The predicted molar refractivity (Wildman–Crippen MR) is 60.6 cm³/mol. The Labute approximate surface area is 87.5 Å². The fourth-order valence-corrected chi connectivity index (χ4v) is 2.24. The van der Waals surface area contributed by atoms with Gasteiger partial charge in [-0.15, -0.1) is 0 Å². The summed E-state index contributed by atoms with van der Waals surface area (Å²) in [4.78, 5) is 11.1. The van der Waals surface area contributed by atoms with Crippen LogP contribution >= 0.6 is 0 Å². The van der Waals surface area contributed by atoms with Crippen LogP contribution in [0.4, 0.5) is 0 Å². The first-order valence-electron chi connectivity index (χ1n) is 5.12. The van der Waals surface area contributed by atoms with Gasteiger partial charge in [0.25, 0.3) is 0 Å². The monoisotopic (exact) mass is 212 g/mol. The maximum atomic E-state index is 11.1. The van der Waals surface area contributed by atoms with Crippen LogP contribution in [0.1, 0.15) is 33.6 Å². The van der Waals surface area contributed by atoms with E-state index in [0.717, 1.165) is 5.76 Å². The maximum Gasteiger partial charge on any atom is 0.250 e. The molecular formula is C11H20O2Si. The standard InChI is InChI=1S/C11H20O2Si/c1-11(2,3)14(4,5)13-10-7-6-9(12)8-10/h7H,6,8H2,1-5H3. The van der Waals surface area contributed by atoms with Gasteiger partial charge in [0, 0.05) is 6.42 Å². The van der Waals surface area contributed by atoms with Crippen molar-refractivity contribution in [2.24, 2.45) is 0 Å². The first kappa shape index (κ1) is 11.5. The normalized spacial score (nSPS) is 18.4. The number of hydrogen-bond acceptors (Lipinski definition) is 2. The topological polar surface area (TPSA) is 26.3 Å². The van der Waals surface area contributed by atoms with Crippen LogP contribution < -0.4 is 0 Å². The van der Waals surface area contributed by atoms with Crippen LogP contribution in [-0.2, 0) is 9.22 Å². The van der Waals surface area contributed by atoms with E-state index >= 15 is 0 Å². The van der Waals surface area contributed by atoms with Crippen molar-refractivity contribution in [2.75, 3.05) is 0 Å². The summed E-state index contributed by atoms with van der Waals surface area (Å²) < 4.78 is 6.01. The summed E-state index contributed by atoms with van der Waals surface area (Å²) in [7, 11) is -1.72. The molecule has 0 aliphatic heterocycles. The van der Waals surface area contributed by atoms with E-state index in [0.29, 0.717) is 12.8 Å². The molecule has 0 spiro atoms. The first-order valence-corrected chi connectivity index (χ1v) is 8.03. The third kappa shape index (κ3) is 2.47. The molecule has 0 fully saturated rings. The summed E-state index contributed by atoms with van der Waals surface area (Å²) in [6, 6.07) is 0. The molecule has 2 nitrogen and oxygen atoms in total. The van der Waals surface area contributed by atoms with Crippen molar-refractivity contribution in [3.63, 3.8) is 0 Å². The van der Waals surface area contributed by atoms with E-state index in [1.54, 1.807) is 0 Å². The molecule has 0 saturated heterocycles. The highest BCUT2D eigenvalue weighted by molar-refractivity contribution is 6.74. The number of carbonyl (C=O) groups is 1. The van der Waals surface area contributed by atoms with Crippen molar-refractivity contribution in [1.82, 2.24) is 0 Å². The summed E-state index contributed by atoms with van der Waals surface area (Å²) in [6.07, 6.45) is 3.00. The smallest absolute Gasteiger partial charge is 0.250 e. The summed E-state index contributed by atoms with van der Waals surface area (Å²) in [5.41, 5.74) is 0. The van der Waals surface area contributed by atoms with Crippen LogP contribution in [0.5, 0.6) is 0 Å². The molecule has 0 radical (unpaired) electrons. The molecule has 0 aromatic heterocycles. The minimum atomic E-state index is -1.72. The number of allylic oxidation sites excluding steroid dienone is 2. The molecule has 1 aliphatic rings.